The van der Waals surface area contributed by atoms with Gasteiger partial charge in [0.1, 0.15) is 0 Å². The molecule has 2 heteroatoms. The minimum absolute atomic E-state index is 1.05. The van der Waals surface area contributed by atoms with Gasteiger partial charge in [0.15, 0.2) is 0 Å². The highest BCUT2D eigenvalue weighted by atomic mass is 14.9. The van der Waals surface area contributed by atoms with Gasteiger partial charge in [-0.1, -0.05) is 66.8 Å². The average molecular weight is 469 g/mol. The number of nitrogens with zero attached hydrogens (tertiary/aromatic N) is 1. The third-order valence-corrected chi connectivity index (χ3v) is 7.56. The van der Waals surface area contributed by atoms with Crippen LogP contribution in [-0.4, -0.2) is 4.98 Å². The molecular weight excluding hydrogens is 436 g/mol. The molecule has 178 valence electrons. The second-order valence-corrected chi connectivity index (χ2v) is 9.96. The molecule has 5 aliphatic rings. The van der Waals surface area contributed by atoms with E-state index < -0.39 is 0 Å². The smallest absolute Gasteiger partial charge is 0.0373 e. The molecule has 1 N–H and O–H groups in total. The lowest BCUT2D eigenvalue weighted by atomic mass is 9.78. The summed E-state index contributed by atoms with van der Waals surface area (Å²) in [5.41, 5.74) is 15.2. The van der Waals surface area contributed by atoms with Gasteiger partial charge in [-0.3, -0.25) is 4.98 Å². The van der Waals surface area contributed by atoms with Crippen molar-refractivity contribution in [3.63, 3.8) is 0 Å². The molecule has 0 radical (unpaired) electrons. The van der Waals surface area contributed by atoms with E-state index in [9.17, 15) is 0 Å². The number of rotatable bonds is 2. The fourth-order valence-electron chi connectivity index (χ4n) is 5.61. The van der Waals surface area contributed by atoms with Crippen LogP contribution in [0.2, 0.25) is 0 Å². The van der Waals surface area contributed by atoms with Crippen LogP contribution in [-0.2, 0) is 19.3 Å². The van der Waals surface area contributed by atoms with Gasteiger partial charge in [0.2, 0.25) is 0 Å². The van der Waals surface area contributed by atoms with Crippen molar-refractivity contribution in [2.75, 3.05) is 0 Å². The number of fused-ring (bicyclic) bond motifs is 8. The van der Waals surface area contributed by atoms with E-state index in [0.717, 1.165) is 30.5 Å². The highest BCUT2D eigenvalue weighted by molar-refractivity contribution is 5.86. The first-order valence-electron chi connectivity index (χ1n) is 13.1. The van der Waals surface area contributed by atoms with Gasteiger partial charge in [0, 0.05) is 23.8 Å². The predicted molar refractivity (Wildman–Crippen MR) is 152 cm³/mol. The molecule has 0 unspecified atom stereocenters. The van der Waals surface area contributed by atoms with Crippen LogP contribution in [0.4, 0.5) is 0 Å². The molecule has 3 heterocycles. The van der Waals surface area contributed by atoms with E-state index >= 15 is 0 Å². The summed E-state index contributed by atoms with van der Waals surface area (Å²) in [5.74, 6) is 0. The third-order valence-electron chi connectivity index (χ3n) is 7.56. The van der Waals surface area contributed by atoms with E-state index in [-0.39, 0.29) is 0 Å². The number of nitrogens with one attached hydrogen (secondary N) is 1. The summed E-state index contributed by atoms with van der Waals surface area (Å²) in [6, 6.07) is 15.6. The molecule has 36 heavy (non-hydrogen) atoms. The van der Waals surface area contributed by atoms with Crippen LogP contribution >= 0.6 is 0 Å². The summed E-state index contributed by atoms with van der Waals surface area (Å²) < 4.78 is 0. The highest BCUT2D eigenvalue weighted by Crippen LogP contribution is 2.40. The molecule has 0 saturated heterocycles. The minimum Gasteiger partial charge on any atom is -0.365 e. The molecule has 3 aliphatic carbocycles. The van der Waals surface area contributed by atoms with Crippen molar-refractivity contribution < 1.29 is 0 Å². The zero-order chi connectivity index (χ0) is 24.3. The van der Waals surface area contributed by atoms with Gasteiger partial charge in [-0.25, -0.2) is 0 Å². The van der Waals surface area contributed by atoms with Crippen LogP contribution < -0.4 is 5.32 Å². The number of aryl methyl sites for hydroxylation is 2. The van der Waals surface area contributed by atoms with Gasteiger partial charge in [-0.05, 0) is 114 Å². The first kappa shape index (κ1) is 22.5. The number of hydrogen-bond donors (Lipinski definition) is 1. The average Bonchev–Trinajstić information content (AvgIpc) is 3.31. The molecule has 8 rings (SSSR count). The normalized spacial score (nSPS) is 16.6. The van der Waals surface area contributed by atoms with Crippen LogP contribution in [0.25, 0.3) is 29.4 Å². The van der Waals surface area contributed by atoms with Gasteiger partial charge in [-0.2, -0.15) is 0 Å². The second kappa shape index (κ2) is 9.99. The van der Waals surface area contributed by atoms with Crippen molar-refractivity contribution in [3.05, 3.63) is 130 Å². The van der Waals surface area contributed by atoms with Gasteiger partial charge in [-0.15, -0.1) is 0 Å². The van der Waals surface area contributed by atoms with Crippen LogP contribution in [0.3, 0.4) is 0 Å². The number of hydrogen-bond acceptors (Lipinski definition) is 2. The quantitative estimate of drug-likeness (QED) is 0.412. The molecular formula is C34H32N2. The van der Waals surface area contributed by atoms with Crippen molar-refractivity contribution in [3.8, 4) is 11.1 Å². The summed E-state index contributed by atoms with van der Waals surface area (Å²) >= 11 is 0. The Kier molecular flexibility index (Phi) is 6.26. The van der Waals surface area contributed by atoms with Crippen molar-refractivity contribution >= 4 is 18.2 Å². The standard InChI is InChI=1S/C26H23N.C8H9N/c1-18-9-10-19(17-27-18)11-12-21-6-4-7-22-14-15-24-23-8-3-2-5-20(23)13-16-25(24)26(21)22;1-3-8-4-2-7(1)5-6-9-8/h2,4-7,9-13,16-17H,3,8,14-15H2,1H3;1,3,5-6,9H,2,4H2/b12-11+;. The SMILES string of the molecule is C1=CC2=CC=C(CC2)N1.Cc1ccc(/C=C/c2cccc3c2-c2ccc4c(c2CC3)CCC=C4)cn1. The molecule has 2 bridgehead atoms. The molecule has 0 spiro atoms. The van der Waals surface area contributed by atoms with E-state index in [2.05, 4.69) is 95.3 Å². The molecule has 1 aromatic heterocycles. The van der Waals surface area contributed by atoms with Crippen molar-refractivity contribution in [2.24, 2.45) is 0 Å². The van der Waals surface area contributed by atoms with E-state index in [1.165, 1.54) is 58.3 Å². The molecule has 2 nitrogen and oxygen atoms in total. The lowest BCUT2D eigenvalue weighted by Gasteiger charge is -2.26. The fraction of sp³-hybridized carbons (Fsp3) is 0.206. The summed E-state index contributed by atoms with van der Waals surface area (Å²) in [4.78, 5) is 4.41. The molecule has 3 aromatic rings. The number of pyridine rings is 1. The maximum absolute atomic E-state index is 4.41. The Bertz CT molecular complexity index is 1450. The van der Waals surface area contributed by atoms with Crippen LogP contribution in [0.1, 0.15) is 58.3 Å². The van der Waals surface area contributed by atoms with Gasteiger partial charge in [0.25, 0.3) is 0 Å². The maximum atomic E-state index is 4.41. The molecule has 0 atom stereocenters. The second-order valence-electron chi connectivity index (χ2n) is 9.96. The van der Waals surface area contributed by atoms with Gasteiger partial charge >= 0.3 is 0 Å². The van der Waals surface area contributed by atoms with Crippen LogP contribution in [0, 0.1) is 6.92 Å². The van der Waals surface area contributed by atoms with E-state index in [1.54, 1.807) is 11.1 Å². The first-order valence-corrected chi connectivity index (χ1v) is 13.1. The molecule has 0 amide bonds. The Hall–Kier alpha value is -3.91. The van der Waals surface area contributed by atoms with Crippen LogP contribution in [0.15, 0.2) is 90.4 Å². The monoisotopic (exact) mass is 468 g/mol. The maximum Gasteiger partial charge on any atom is 0.0373 e. The molecule has 0 fully saturated rings. The van der Waals surface area contributed by atoms with E-state index in [4.69, 9.17) is 0 Å². The number of allylic oxidation sites excluding steroid dienone is 6. The Balaban J connectivity index is 0.000000223. The largest absolute Gasteiger partial charge is 0.365 e. The van der Waals surface area contributed by atoms with E-state index in [0.29, 0.717) is 0 Å². The third kappa shape index (κ3) is 4.64. The lowest BCUT2D eigenvalue weighted by Crippen LogP contribution is -2.10. The summed E-state index contributed by atoms with van der Waals surface area (Å²) in [7, 11) is 0. The zero-order valence-electron chi connectivity index (χ0n) is 20.9. The topological polar surface area (TPSA) is 24.9 Å². The molecule has 2 aromatic carbocycles. The van der Waals surface area contributed by atoms with Crippen molar-refractivity contribution in [1.29, 1.82) is 0 Å². The Morgan fingerprint density at radius 1 is 0.833 bits per heavy atom. The van der Waals surface area contributed by atoms with Crippen molar-refractivity contribution in [2.45, 2.75) is 45.4 Å². The Morgan fingerprint density at radius 3 is 2.67 bits per heavy atom. The highest BCUT2D eigenvalue weighted by Gasteiger charge is 2.22. The predicted octanol–water partition coefficient (Wildman–Crippen LogP) is 7.99. The summed E-state index contributed by atoms with van der Waals surface area (Å²) in [6.45, 7) is 2.02. The minimum atomic E-state index is 1.05. The molecule has 0 saturated carbocycles. The number of benzene rings is 2. The van der Waals surface area contributed by atoms with Crippen LogP contribution in [0.5, 0.6) is 0 Å². The zero-order valence-corrected chi connectivity index (χ0v) is 20.9. The van der Waals surface area contributed by atoms with Gasteiger partial charge in [0.05, 0.1) is 0 Å². The first-order chi connectivity index (χ1) is 17.7. The Labute approximate surface area is 214 Å². The summed E-state index contributed by atoms with van der Waals surface area (Å²) in [6.07, 6.45) is 26.5. The van der Waals surface area contributed by atoms with Gasteiger partial charge < -0.3 is 5.32 Å². The summed E-state index contributed by atoms with van der Waals surface area (Å²) in [5, 5.41) is 3.20. The number of aromatic nitrogens is 1. The lowest BCUT2D eigenvalue weighted by molar-refractivity contribution is 0.874. The molecule has 2 aliphatic heterocycles. The Morgan fingerprint density at radius 2 is 1.81 bits per heavy atom. The fourth-order valence-corrected chi connectivity index (χ4v) is 5.61. The van der Waals surface area contributed by atoms with E-state index in [1.807, 2.05) is 19.3 Å². The van der Waals surface area contributed by atoms with Crippen molar-refractivity contribution in [1.82, 2.24) is 10.3 Å².